The zero-order chi connectivity index (χ0) is 12.4. The summed E-state index contributed by atoms with van der Waals surface area (Å²) in [5, 5.41) is 12.4. The molecule has 0 aromatic rings. The lowest BCUT2D eigenvalue weighted by molar-refractivity contribution is -0.129. The van der Waals surface area contributed by atoms with Crippen molar-refractivity contribution in [3.8, 4) is 0 Å². The molecule has 1 unspecified atom stereocenters. The zero-order valence-electron chi connectivity index (χ0n) is 10.5. The zero-order valence-corrected chi connectivity index (χ0v) is 10.5. The van der Waals surface area contributed by atoms with Crippen LogP contribution >= 0.6 is 0 Å². The summed E-state index contributed by atoms with van der Waals surface area (Å²) in [6.45, 7) is 8.77. The molecule has 0 aromatic heterocycles. The second kappa shape index (κ2) is 9.57. The van der Waals surface area contributed by atoms with Crippen molar-refractivity contribution in [1.29, 1.82) is 0 Å². The van der Waals surface area contributed by atoms with E-state index in [1.807, 2.05) is 20.8 Å². The Morgan fingerprint density at radius 3 is 2.50 bits per heavy atom. The number of aliphatic hydroxyl groups excluding tert-OH is 1. The minimum atomic E-state index is -0.551. The highest BCUT2D eigenvalue weighted by molar-refractivity contribution is 5.78. The molecule has 0 fully saturated rings. The van der Waals surface area contributed by atoms with Gasteiger partial charge in [0, 0.05) is 26.2 Å². The third kappa shape index (κ3) is 6.76. The van der Waals surface area contributed by atoms with Crippen molar-refractivity contribution in [3.63, 3.8) is 0 Å². The van der Waals surface area contributed by atoms with Gasteiger partial charge >= 0.3 is 0 Å². The van der Waals surface area contributed by atoms with Gasteiger partial charge in [-0.25, -0.2) is 0 Å². The first-order valence-electron chi connectivity index (χ1n) is 5.89. The van der Waals surface area contributed by atoms with E-state index in [1.165, 1.54) is 0 Å². The van der Waals surface area contributed by atoms with Crippen LogP contribution in [0.15, 0.2) is 0 Å². The Kier molecular flexibility index (Phi) is 9.18. The molecule has 2 N–H and O–H groups in total. The van der Waals surface area contributed by atoms with Gasteiger partial charge in [-0.1, -0.05) is 0 Å². The largest absolute Gasteiger partial charge is 0.389 e. The molecule has 0 saturated heterocycles. The number of carbonyl (C=O) groups excluding carboxylic acids is 1. The topological polar surface area (TPSA) is 61.8 Å². The maximum absolute atomic E-state index is 11.6. The molecule has 1 atom stereocenters. The summed E-state index contributed by atoms with van der Waals surface area (Å²) in [4.78, 5) is 13.3. The first-order chi connectivity index (χ1) is 7.65. The number of amides is 1. The van der Waals surface area contributed by atoms with Crippen molar-refractivity contribution >= 4 is 5.91 Å². The summed E-state index contributed by atoms with van der Waals surface area (Å²) in [7, 11) is 0. The fourth-order valence-electron chi connectivity index (χ4n) is 1.35. The van der Waals surface area contributed by atoms with E-state index < -0.39 is 6.10 Å². The molecule has 96 valence electrons. The summed E-state index contributed by atoms with van der Waals surface area (Å²) in [6.07, 6.45) is -0.551. The number of hydrogen-bond acceptors (Lipinski definition) is 4. The van der Waals surface area contributed by atoms with Gasteiger partial charge in [-0.05, 0) is 20.8 Å². The van der Waals surface area contributed by atoms with Gasteiger partial charge in [0.15, 0.2) is 0 Å². The van der Waals surface area contributed by atoms with Crippen molar-refractivity contribution in [2.45, 2.75) is 26.9 Å². The summed E-state index contributed by atoms with van der Waals surface area (Å²) < 4.78 is 5.06. The van der Waals surface area contributed by atoms with Crippen molar-refractivity contribution in [1.82, 2.24) is 10.2 Å². The number of aliphatic hydroxyl groups is 1. The SMILES string of the molecule is CCOCC(O)CNCC(=O)N(CC)CC. The number of carbonyl (C=O) groups is 1. The Morgan fingerprint density at radius 1 is 1.38 bits per heavy atom. The molecular formula is C11H24N2O3. The molecule has 0 aliphatic carbocycles. The van der Waals surface area contributed by atoms with Crippen LogP contribution in [-0.2, 0) is 9.53 Å². The van der Waals surface area contributed by atoms with Gasteiger partial charge in [-0.2, -0.15) is 0 Å². The van der Waals surface area contributed by atoms with Crippen molar-refractivity contribution in [2.24, 2.45) is 0 Å². The van der Waals surface area contributed by atoms with E-state index in [2.05, 4.69) is 5.32 Å². The molecule has 1 amide bonds. The smallest absolute Gasteiger partial charge is 0.236 e. The van der Waals surface area contributed by atoms with Crippen LogP contribution in [0, 0.1) is 0 Å². The molecule has 0 saturated carbocycles. The summed E-state index contributed by atoms with van der Waals surface area (Å²) in [5.74, 6) is 0.0635. The van der Waals surface area contributed by atoms with E-state index in [0.717, 1.165) is 13.1 Å². The number of nitrogens with zero attached hydrogens (tertiary/aromatic N) is 1. The minimum absolute atomic E-state index is 0.0635. The van der Waals surface area contributed by atoms with Gasteiger partial charge in [-0.3, -0.25) is 4.79 Å². The third-order valence-corrected chi connectivity index (χ3v) is 2.29. The monoisotopic (exact) mass is 232 g/mol. The molecule has 0 bridgehead atoms. The van der Waals surface area contributed by atoms with Gasteiger partial charge in [0.1, 0.15) is 0 Å². The van der Waals surface area contributed by atoms with E-state index in [0.29, 0.717) is 19.8 Å². The van der Waals surface area contributed by atoms with Crippen LogP contribution in [0.5, 0.6) is 0 Å². The van der Waals surface area contributed by atoms with Gasteiger partial charge in [-0.15, -0.1) is 0 Å². The molecule has 0 aliphatic heterocycles. The van der Waals surface area contributed by atoms with Gasteiger partial charge in [0.05, 0.1) is 19.3 Å². The molecule has 5 heteroatoms. The molecule has 0 radical (unpaired) electrons. The van der Waals surface area contributed by atoms with Crippen molar-refractivity contribution < 1.29 is 14.6 Å². The van der Waals surface area contributed by atoms with Crippen LogP contribution in [-0.4, -0.2) is 61.4 Å². The quantitative estimate of drug-likeness (QED) is 0.580. The highest BCUT2D eigenvalue weighted by Crippen LogP contribution is 1.88. The average molecular weight is 232 g/mol. The number of hydrogen-bond donors (Lipinski definition) is 2. The van der Waals surface area contributed by atoms with E-state index in [9.17, 15) is 9.90 Å². The molecule has 0 heterocycles. The van der Waals surface area contributed by atoms with Crippen LogP contribution in [0.1, 0.15) is 20.8 Å². The molecule has 0 rings (SSSR count). The molecule has 0 aliphatic rings. The average Bonchev–Trinajstić information content (AvgIpc) is 2.28. The Hall–Kier alpha value is -0.650. The summed E-state index contributed by atoms with van der Waals surface area (Å²) in [6, 6.07) is 0. The maximum Gasteiger partial charge on any atom is 0.236 e. The van der Waals surface area contributed by atoms with E-state index in [4.69, 9.17) is 4.74 Å². The molecule has 0 aromatic carbocycles. The minimum Gasteiger partial charge on any atom is -0.389 e. The Balaban J connectivity index is 3.60. The second-order valence-electron chi connectivity index (χ2n) is 3.51. The summed E-state index contributed by atoms with van der Waals surface area (Å²) >= 11 is 0. The Morgan fingerprint density at radius 2 is 2.00 bits per heavy atom. The lowest BCUT2D eigenvalue weighted by Gasteiger charge is -2.19. The number of likely N-dealkylation sites (N-methyl/N-ethyl adjacent to an activating group) is 1. The van der Waals surface area contributed by atoms with Crippen LogP contribution < -0.4 is 5.32 Å². The lowest BCUT2D eigenvalue weighted by atomic mass is 10.3. The predicted octanol–water partition coefficient (Wildman–Crippen LogP) is -0.158. The predicted molar refractivity (Wildman–Crippen MR) is 63.3 cm³/mol. The van der Waals surface area contributed by atoms with Crippen LogP contribution in [0.25, 0.3) is 0 Å². The lowest BCUT2D eigenvalue weighted by Crippen LogP contribution is -2.40. The van der Waals surface area contributed by atoms with Crippen LogP contribution in [0.3, 0.4) is 0 Å². The highest BCUT2D eigenvalue weighted by atomic mass is 16.5. The molecular weight excluding hydrogens is 208 g/mol. The fraction of sp³-hybridized carbons (Fsp3) is 0.909. The van der Waals surface area contributed by atoms with Crippen molar-refractivity contribution in [2.75, 3.05) is 39.4 Å². The van der Waals surface area contributed by atoms with Crippen LogP contribution in [0.2, 0.25) is 0 Å². The van der Waals surface area contributed by atoms with Crippen LogP contribution in [0.4, 0.5) is 0 Å². The van der Waals surface area contributed by atoms with Gasteiger partial charge in [0.25, 0.3) is 0 Å². The van der Waals surface area contributed by atoms with E-state index >= 15 is 0 Å². The fourth-order valence-corrected chi connectivity index (χ4v) is 1.35. The first-order valence-corrected chi connectivity index (χ1v) is 5.89. The Labute approximate surface area is 97.8 Å². The molecule has 5 nitrogen and oxygen atoms in total. The van der Waals surface area contributed by atoms with Gasteiger partial charge < -0.3 is 20.1 Å². The molecule has 16 heavy (non-hydrogen) atoms. The highest BCUT2D eigenvalue weighted by Gasteiger charge is 2.09. The van der Waals surface area contributed by atoms with Crippen molar-refractivity contribution in [3.05, 3.63) is 0 Å². The normalized spacial score (nSPS) is 12.5. The Bertz CT molecular complexity index is 184. The first kappa shape index (κ1) is 15.3. The standard InChI is InChI=1S/C11H24N2O3/c1-4-13(5-2)11(15)8-12-7-10(14)9-16-6-3/h10,12,14H,4-9H2,1-3H3. The van der Waals surface area contributed by atoms with Gasteiger partial charge in [0.2, 0.25) is 5.91 Å². The third-order valence-electron chi connectivity index (χ3n) is 2.29. The second-order valence-corrected chi connectivity index (χ2v) is 3.51. The maximum atomic E-state index is 11.6. The van der Waals surface area contributed by atoms with E-state index in [-0.39, 0.29) is 12.5 Å². The summed E-state index contributed by atoms with van der Waals surface area (Å²) in [5.41, 5.74) is 0. The number of rotatable bonds is 9. The number of nitrogens with one attached hydrogen (secondary N) is 1. The number of ether oxygens (including phenoxy) is 1. The van der Waals surface area contributed by atoms with E-state index in [1.54, 1.807) is 4.90 Å². The molecule has 0 spiro atoms.